The molecule has 5 heteroatoms. The lowest BCUT2D eigenvalue weighted by Gasteiger charge is -2.21. The van der Waals surface area contributed by atoms with E-state index in [1.54, 1.807) is 0 Å². The van der Waals surface area contributed by atoms with Gasteiger partial charge in [-0.1, -0.05) is 6.92 Å². The first kappa shape index (κ1) is 11.7. The van der Waals surface area contributed by atoms with Crippen LogP contribution in [0.25, 0.3) is 0 Å². The standard InChI is InChI=1S/C7H15F3N2/c1-2-4-12(5-3-11)6-7(8,9)10/h2-6,11H2,1H3. The predicted octanol–water partition coefficient (Wildman–Crippen LogP) is 1.22. The zero-order valence-corrected chi connectivity index (χ0v) is 7.19. The third kappa shape index (κ3) is 6.42. The molecule has 0 saturated carbocycles. The molecule has 0 unspecified atom stereocenters. The van der Waals surface area contributed by atoms with E-state index in [2.05, 4.69) is 0 Å². The number of alkyl halides is 3. The molecular formula is C7H15F3N2. The van der Waals surface area contributed by atoms with Crippen molar-refractivity contribution in [2.24, 2.45) is 5.73 Å². The summed E-state index contributed by atoms with van der Waals surface area (Å²) in [5.74, 6) is 0. The van der Waals surface area contributed by atoms with Crippen molar-refractivity contribution in [2.45, 2.75) is 19.5 Å². The lowest BCUT2D eigenvalue weighted by molar-refractivity contribution is -0.145. The average Bonchev–Trinajstić information content (AvgIpc) is 1.84. The molecular weight excluding hydrogens is 169 g/mol. The Labute approximate surface area is 70.5 Å². The highest BCUT2D eigenvalue weighted by molar-refractivity contribution is 4.62. The van der Waals surface area contributed by atoms with E-state index in [1.165, 1.54) is 4.90 Å². The van der Waals surface area contributed by atoms with Crippen molar-refractivity contribution >= 4 is 0 Å². The number of nitrogens with two attached hydrogens (primary N) is 1. The van der Waals surface area contributed by atoms with Gasteiger partial charge in [0.1, 0.15) is 0 Å². The van der Waals surface area contributed by atoms with Crippen molar-refractivity contribution in [3.8, 4) is 0 Å². The van der Waals surface area contributed by atoms with Gasteiger partial charge >= 0.3 is 6.18 Å². The molecule has 0 aromatic rings. The molecule has 12 heavy (non-hydrogen) atoms. The van der Waals surface area contributed by atoms with E-state index >= 15 is 0 Å². The van der Waals surface area contributed by atoms with Gasteiger partial charge in [-0.3, -0.25) is 4.90 Å². The molecule has 0 spiro atoms. The van der Waals surface area contributed by atoms with Crippen molar-refractivity contribution in [3.05, 3.63) is 0 Å². The van der Waals surface area contributed by atoms with Gasteiger partial charge < -0.3 is 5.73 Å². The van der Waals surface area contributed by atoms with Crippen LogP contribution >= 0.6 is 0 Å². The largest absolute Gasteiger partial charge is 0.401 e. The summed E-state index contributed by atoms with van der Waals surface area (Å²) < 4.78 is 35.6. The Morgan fingerprint density at radius 3 is 2.17 bits per heavy atom. The van der Waals surface area contributed by atoms with Crippen molar-refractivity contribution in [2.75, 3.05) is 26.2 Å². The second kappa shape index (κ2) is 5.37. The molecule has 0 aromatic heterocycles. The van der Waals surface area contributed by atoms with Crippen LogP contribution in [0.2, 0.25) is 0 Å². The fourth-order valence-electron chi connectivity index (χ4n) is 1.02. The minimum atomic E-state index is -4.11. The number of hydrogen-bond donors (Lipinski definition) is 1. The van der Waals surface area contributed by atoms with Crippen LogP contribution in [0, 0.1) is 0 Å². The number of rotatable bonds is 5. The Balaban J connectivity index is 3.77. The molecule has 0 amide bonds. The maximum absolute atomic E-state index is 11.9. The highest BCUT2D eigenvalue weighted by Crippen LogP contribution is 2.16. The summed E-state index contributed by atoms with van der Waals surface area (Å²) >= 11 is 0. The molecule has 0 saturated heterocycles. The summed E-state index contributed by atoms with van der Waals surface area (Å²) in [7, 11) is 0. The van der Waals surface area contributed by atoms with Crippen molar-refractivity contribution < 1.29 is 13.2 Å². The van der Waals surface area contributed by atoms with Crippen molar-refractivity contribution in [3.63, 3.8) is 0 Å². The topological polar surface area (TPSA) is 29.3 Å². The first-order valence-electron chi connectivity index (χ1n) is 3.98. The van der Waals surface area contributed by atoms with E-state index in [0.717, 1.165) is 6.42 Å². The Morgan fingerprint density at radius 2 is 1.83 bits per heavy atom. The van der Waals surface area contributed by atoms with Gasteiger partial charge in [-0.15, -0.1) is 0 Å². The highest BCUT2D eigenvalue weighted by Gasteiger charge is 2.29. The van der Waals surface area contributed by atoms with E-state index in [-0.39, 0.29) is 6.54 Å². The molecule has 0 aliphatic rings. The van der Waals surface area contributed by atoms with Gasteiger partial charge in [-0.25, -0.2) is 0 Å². The molecule has 0 fully saturated rings. The molecule has 2 nitrogen and oxygen atoms in total. The molecule has 74 valence electrons. The van der Waals surface area contributed by atoms with Gasteiger partial charge in [0.15, 0.2) is 0 Å². The maximum atomic E-state index is 11.9. The number of nitrogens with zero attached hydrogens (tertiary/aromatic N) is 1. The molecule has 0 aliphatic carbocycles. The average molecular weight is 184 g/mol. The summed E-state index contributed by atoms with van der Waals surface area (Å²) in [5, 5.41) is 0. The molecule has 0 heterocycles. The molecule has 0 rings (SSSR count). The normalized spacial score (nSPS) is 12.5. The highest BCUT2D eigenvalue weighted by atomic mass is 19.4. The third-order valence-corrected chi connectivity index (χ3v) is 1.39. The number of hydrogen-bond acceptors (Lipinski definition) is 2. The van der Waals surface area contributed by atoms with Crippen LogP contribution < -0.4 is 5.73 Å². The minimum Gasteiger partial charge on any atom is -0.329 e. The monoisotopic (exact) mass is 184 g/mol. The van der Waals surface area contributed by atoms with Gasteiger partial charge in [0.05, 0.1) is 6.54 Å². The van der Waals surface area contributed by atoms with Gasteiger partial charge in [-0.05, 0) is 13.0 Å². The Morgan fingerprint density at radius 1 is 1.25 bits per heavy atom. The van der Waals surface area contributed by atoms with E-state index < -0.39 is 12.7 Å². The Bertz CT molecular complexity index is 108. The van der Waals surface area contributed by atoms with Gasteiger partial charge in [0.25, 0.3) is 0 Å². The van der Waals surface area contributed by atoms with E-state index in [0.29, 0.717) is 13.1 Å². The quantitative estimate of drug-likeness (QED) is 0.696. The Kier molecular flexibility index (Phi) is 5.24. The van der Waals surface area contributed by atoms with Crippen molar-refractivity contribution in [1.29, 1.82) is 0 Å². The predicted molar refractivity (Wildman–Crippen MR) is 41.8 cm³/mol. The zero-order chi connectivity index (χ0) is 9.61. The number of halogens is 3. The van der Waals surface area contributed by atoms with E-state index in [1.807, 2.05) is 6.92 Å². The molecule has 0 aromatic carbocycles. The van der Waals surface area contributed by atoms with Crippen LogP contribution in [0.4, 0.5) is 13.2 Å². The first-order chi connectivity index (χ1) is 5.49. The minimum absolute atomic E-state index is 0.274. The summed E-state index contributed by atoms with van der Waals surface area (Å²) in [6, 6.07) is 0. The van der Waals surface area contributed by atoms with Gasteiger partial charge in [0, 0.05) is 13.1 Å². The van der Waals surface area contributed by atoms with Crippen LogP contribution in [0.15, 0.2) is 0 Å². The zero-order valence-electron chi connectivity index (χ0n) is 7.19. The SMILES string of the molecule is CCCN(CCN)CC(F)(F)F. The molecule has 0 aliphatic heterocycles. The fraction of sp³-hybridized carbons (Fsp3) is 1.00. The van der Waals surface area contributed by atoms with Crippen LogP contribution in [0.1, 0.15) is 13.3 Å². The van der Waals surface area contributed by atoms with Gasteiger partial charge in [0.2, 0.25) is 0 Å². The summed E-state index contributed by atoms with van der Waals surface area (Å²) in [6.45, 7) is 2.04. The molecule has 0 atom stereocenters. The van der Waals surface area contributed by atoms with E-state index in [9.17, 15) is 13.2 Å². The summed E-state index contributed by atoms with van der Waals surface area (Å²) in [5.41, 5.74) is 5.17. The third-order valence-electron chi connectivity index (χ3n) is 1.39. The summed E-state index contributed by atoms with van der Waals surface area (Å²) in [6.07, 6.45) is -3.39. The van der Waals surface area contributed by atoms with E-state index in [4.69, 9.17) is 5.73 Å². The molecule has 0 radical (unpaired) electrons. The first-order valence-corrected chi connectivity index (χ1v) is 3.98. The molecule has 0 bridgehead atoms. The second-order valence-corrected chi connectivity index (χ2v) is 2.68. The summed E-state index contributed by atoms with van der Waals surface area (Å²) in [4.78, 5) is 1.32. The van der Waals surface area contributed by atoms with Gasteiger partial charge in [-0.2, -0.15) is 13.2 Å². The van der Waals surface area contributed by atoms with Crippen molar-refractivity contribution in [1.82, 2.24) is 4.90 Å². The maximum Gasteiger partial charge on any atom is 0.401 e. The lowest BCUT2D eigenvalue weighted by atomic mass is 10.4. The molecule has 2 N–H and O–H groups in total. The van der Waals surface area contributed by atoms with Crippen LogP contribution in [-0.4, -0.2) is 37.3 Å². The second-order valence-electron chi connectivity index (χ2n) is 2.68. The van der Waals surface area contributed by atoms with Crippen LogP contribution in [0.5, 0.6) is 0 Å². The van der Waals surface area contributed by atoms with Crippen LogP contribution in [-0.2, 0) is 0 Å². The fourth-order valence-corrected chi connectivity index (χ4v) is 1.02. The Hall–Kier alpha value is -0.290. The van der Waals surface area contributed by atoms with Crippen LogP contribution in [0.3, 0.4) is 0 Å². The lowest BCUT2D eigenvalue weighted by Crippen LogP contribution is -2.37. The smallest absolute Gasteiger partial charge is 0.329 e.